The second-order valence-electron chi connectivity index (χ2n) is 5.36. The fourth-order valence-corrected chi connectivity index (χ4v) is 2.41. The molecule has 1 unspecified atom stereocenters. The molecule has 112 valence electrons. The minimum atomic E-state index is -0.146. The molecule has 0 spiro atoms. The van der Waals surface area contributed by atoms with Gasteiger partial charge in [0.15, 0.2) is 0 Å². The maximum absolute atomic E-state index is 12.4. The highest BCUT2D eigenvalue weighted by Gasteiger charge is 2.20. The van der Waals surface area contributed by atoms with Crippen molar-refractivity contribution >= 4 is 17.3 Å². The molecule has 1 fully saturated rings. The van der Waals surface area contributed by atoms with Gasteiger partial charge in [-0.1, -0.05) is 18.0 Å². The molecule has 1 N–H and O–H groups in total. The first-order valence-corrected chi connectivity index (χ1v) is 7.59. The number of hydrogen-bond acceptors (Lipinski definition) is 4. The van der Waals surface area contributed by atoms with Gasteiger partial charge >= 0.3 is 0 Å². The first-order valence-electron chi connectivity index (χ1n) is 7.21. The first kappa shape index (κ1) is 15.3. The zero-order chi connectivity index (χ0) is 14.5. The lowest BCUT2D eigenvalue weighted by Gasteiger charge is -2.25. The largest absolute Gasteiger partial charge is 0.380 e. The van der Waals surface area contributed by atoms with Crippen molar-refractivity contribution < 1.29 is 4.74 Å². The maximum Gasteiger partial charge on any atom is 0.291 e. The summed E-state index contributed by atoms with van der Waals surface area (Å²) in [5.74, 6) is 0.579. The van der Waals surface area contributed by atoms with E-state index >= 15 is 0 Å². The number of anilines is 1. The molecule has 1 saturated carbocycles. The summed E-state index contributed by atoms with van der Waals surface area (Å²) in [7, 11) is 0. The fraction of sp³-hybridized carbons (Fsp3) is 0.714. The van der Waals surface area contributed by atoms with Gasteiger partial charge in [-0.25, -0.2) is 4.68 Å². The van der Waals surface area contributed by atoms with E-state index in [-0.39, 0.29) is 11.6 Å². The smallest absolute Gasteiger partial charge is 0.291 e. The van der Waals surface area contributed by atoms with E-state index in [4.69, 9.17) is 16.3 Å². The fourth-order valence-electron chi connectivity index (χ4n) is 2.23. The Kier molecular flexibility index (Phi) is 5.43. The molecule has 0 aliphatic heterocycles. The Bertz CT molecular complexity index is 500. The van der Waals surface area contributed by atoms with Crippen LogP contribution in [-0.2, 0) is 11.3 Å². The molecule has 2 rings (SSSR count). The van der Waals surface area contributed by atoms with Crippen LogP contribution in [0.5, 0.6) is 0 Å². The molecule has 20 heavy (non-hydrogen) atoms. The molecule has 1 aliphatic carbocycles. The summed E-state index contributed by atoms with van der Waals surface area (Å²) in [5, 5.41) is 7.63. The molecule has 1 aromatic rings. The van der Waals surface area contributed by atoms with Gasteiger partial charge in [0.2, 0.25) is 0 Å². The van der Waals surface area contributed by atoms with Gasteiger partial charge in [-0.05, 0) is 32.6 Å². The van der Waals surface area contributed by atoms with Crippen molar-refractivity contribution in [3.05, 3.63) is 21.6 Å². The lowest BCUT2D eigenvalue weighted by Crippen LogP contribution is -2.33. The van der Waals surface area contributed by atoms with Crippen LogP contribution in [0.2, 0.25) is 5.02 Å². The van der Waals surface area contributed by atoms with Crippen molar-refractivity contribution in [1.82, 2.24) is 9.78 Å². The molecular weight excluding hydrogens is 278 g/mol. The van der Waals surface area contributed by atoms with Gasteiger partial charge in [0.25, 0.3) is 5.56 Å². The molecule has 5 nitrogen and oxygen atoms in total. The maximum atomic E-state index is 12.4. The van der Waals surface area contributed by atoms with Crippen LogP contribution in [0.25, 0.3) is 0 Å². The zero-order valence-corrected chi connectivity index (χ0v) is 12.8. The number of ether oxygens (including phenoxy) is 1. The topological polar surface area (TPSA) is 56.1 Å². The zero-order valence-electron chi connectivity index (χ0n) is 12.1. The third kappa shape index (κ3) is 3.73. The summed E-state index contributed by atoms with van der Waals surface area (Å²) >= 11 is 6.08. The van der Waals surface area contributed by atoms with E-state index in [1.54, 1.807) is 0 Å². The molecule has 0 bridgehead atoms. The highest BCUT2D eigenvalue weighted by Crippen LogP contribution is 2.27. The lowest BCUT2D eigenvalue weighted by atomic mass is 9.85. The van der Waals surface area contributed by atoms with E-state index in [0.717, 1.165) is 0 Å². The number of aromatic nitrogens is 2. The number of nitrogens with zero attached hydrogens (tertiary/aromatic N) is 2. The normalized spacial score (nSPS) is 16.8. The molecule has 0 aromatic carbocycles. The number of rotatable bonds is 7. The molecule has 1 aromatic heterocycles. The number of halogens is 1. The Morgan fingerprint density at radius 1 is 1.60 bits per heavy atom. The van der Waals surface area contributed by atoms with E-state index in [1.165, 1.54) is 30.1 Å². The van der Waals surface area contributed by atoms with E-state index in [0.29, 0.717) is 36.4 Å². The lowest BCUT2D eigenvalue weighted by molar-refractivity contribution is 0.141. The van der Waals surface area contributed by atoms with Crippen LogP contribution in [0, 0.1) is 5.92 Å². The molecule has 1 heterocycles. The van der Waals surface area contributed by atoms with E-state index < -0.39 is 0 Å². The average molecular weight is 300 g/mol. The monoisotopic (exact) mass is 299 g/mol. The summed E-state index contributed by atoms with van der Waals surface area (Å²) in [6.07, 6.45) is 5.15. The highest BCUT2D eigenvalue weighted by molar-refractivity contribution is 6.33. The summed E-state index contributed by atoms with van der Waals surface area (Å²) in [6.45, 7) is 5.78. The van der Waals surface area contributed by atoms with Crippen LogP contribution in [0.1, 0.15) is 33.1 Å². The van der Waals surface area contributed by atoms with Crippen molar-refractivity contribution in [3.63, 3.8) is 0 Å². The van der Waals surface area contributed by atoms with Crippen LogP contribution in [-0.4, -0.2) is 29.0 Å². The van der Waals surface area contributed by atoms with Crippen LogP contribution in [0.3, 0.4) is 0 Å². The Morgan fingerprint density at radius 2 is 2.35 bits per heavy atom. The Morgan fingerprint density at radius 3 is 2.95 bits per heavy atom. The van der Waals surface area contributed by atoms with Crippen LogP contribution < -0.4 is 10.9 Å². The molecule has 0 radical (unpaired) electrons. The second-order valence-corrected chi connectivity index (χ2v) is 5.76. The number of nitrogens with one attached hydrogen (secondary N) is 1. The molecule has 6 heteroatoms. The minimum Gasteiger partial charge on any atom is -0.380 e. The SMILES string of the molecule is CCOCC(C)Nc1c(Cl)cnn(CC2CCC2)c1=O. The summed E-state index contributed by atoms with van der Waals surface area (Å²) in [5.41, 5.74) is 0.279. The van der Waals surface area contributed by atoms with Gasteiger partial charge in [0, 0.05) is 19.2 Å². The number of hydrogen-bond donors (Lipinski definition) is 1. The predicted octanol–water partition coefficient (Wildman–Crippen LogP) is 2.53. The molecule has 0 amide bonds. The van der Waals surface area contributed by atoms with Gasteiger partial charge in [0.05, 0.1) is 17.8 Å². The Labute approximate surface area is 124 Å². The molecule has 0 saturated heterocycles. The minimum absolute atomic E-state index is 0.0275. The van der Waals surface area contributed by atoms with Gasteiger partial charge < -0.3 is 10.1 Å². The van der Waals surface area contributed by atoms with E-state index in [9.17, 15) is 4.79 Å². The van der Waals surface area contributed by atoms with Gasteiger partial charge in [-0.2, -0.15) is 5.10 Å². The second kappa shape index (κ2) is 7.09. The van der Waals surface area contributed by atoms with Crippen molar-refractivity contribution in [3.8, 4) is 0 Å². The van der Waals surface area contributed by atoms with Crippen molar-refractivity contribution in [2.45, 2.75) is 45.7 Å². The van der Waals surface area contributed by atoms with Crippen LogP contribution in [0.15, 0.2) is 11.0 Å². The van der Waals surface area contributed by atoms with Crippen molar-refractivity contribution in [2.24, 2.45) is 5.92 Å². The quantitative estimate of drug-likeness (QED) is 0.840. The highest BCUT2D eigenvalue weighted by atomic mass is 35.5. The standard InChI is InChI=1S/C14H22ClN3O2/c1-3-20-9-10(2)17-13-12(15)7-16-18(14(13)19)8-11-5-4-6-11/h7,10-11,17H,3-6,8-9H2,1-2H3. The Hall–Kier alpha value is -1.07. The third-order valence-electron chi connectivity index (χ3n) is 3.62. The first-order chi connectivity index (χ1) is 9.61. The van der Waals surface area contributed by atoms with Gasteiger partial charge in [-0.3, -0.25) is 4.79 Å². The molecule has 1 atom stereocenters. The van der Waals surface area contributed by atoms with Crippen molar-refractivity contribution in [1.29, 1.82) is 0 Å². The van der Waals surface area contributed by atoms with Crippen LogP contribution >= 0.6 is 11.6 Å². The van der Waals surface area contributed by atoms with E-state index in [1.807, 2.05) is 13.8 Å². The molecule has 1 aliphatic rings. The van der Waals surface area contributed by atoms with Crippen LogP contribution in [0.4, 0.5) is 5.69 Å². The van der Waals surface area contributed by atoms with E-state index in [2.05, 4.69) is 10.4 Å². The summed E-state index contributed by atoms with van der Waals surface area (Å²) in [4.78, 5) is 12.4. The van der Waals surface area contributed by atoms with Gasteiger partial charge in [-0.15, -0.1) is 0 Å². The van der Waals surface area contributed by atoms with Gasteiger partial charge in [0.1, 0.15) is 5.69 Å². The average Bonchev–Trinajstić information content (AvgIpc) is 2.38. The summed E-state index contributed by atoms with van der Waals surface area (Å²) < 4.78 is 6.86. The predicted molar refractivity (Wildman–Crippen MR) is 80.4 cm³/mol. The summed E-state index contributed by atoms with van der Waals surface area (Å²) in [6, 6.07) is 0.0275. The Balaban J connectivity index is 2.09. The molecular formula is C14H22ClN3O2. The third-order valence-corrected chi connectivity index (χ3v) is 3.90. The van der Waals surface area contributed by atoms with Crippen molar-refractivity contribution in [2.75, 3.05) is 18.5 Å².